The molecule has 0 aliphatic rings. The molecular formula is C32H36N2O4. The van der Waals surface area contributed by atoms with Gasteiger partial charge in [0.1, 0.15) is 13.2 Å². The van der Waals surface area contributed by atoms with Crippen LogP contribution in [0, 0.1) is 11.8 Å². The molecule has 4 rings (SSSR count). The van der Waals surface area contributed by atoms with E-state index >= 15 is 0 Å². The number of fused-ring (bicyclic) bond motifs is 2. The Kier molecular flexibility index (Phi) is 8.45. The highest BCUT2D eigenvalue weighted by Crippen LogP contribution is 2.40. The lowest BCUT2D eigenvalue weighted by Crippen LogP contribution is -2.33. The van der Waals surface area contributed by atoms with Gasteiger partial charge >= 0.3 is 11.9 Å². The summed E-state index contributed by atoms with van der Waals surface area (Å²) < 4.78 is 11.4. The molecule has 0 unspecified atom stereocenters. The second-order valence-electron chi connectivity index (χ2n) is 10.4. The third-order valence-electron chi connectivity index (χ3n) is 7.07. The SMILES string of the molecule is CC(C)[C@H](N)COC(=O)c1ccc2ccccc2c1-c1c(C(=O)OC[C@@H](N)C(C)C)ccc2ccccc12. The Morgan fingerprint density at radius 1 is 0.605 bits per heavy atom. The van der Waals surface area contributed by atoms with Crippen molar-refractivity contribution < 1.29 is 19.1 Å². The molecular weight excluding hydrogens is 476 g/mol. The number of rotatable bonds is 9. The van der Waals surface area contributed by atoms with Crippen molar-refractivity contribution in [3.8, 4) is 11.1 Å². The van der Waals surface area contributed by atoms with Crippen LogP contribution in [-0.4, -0.2) is 37.2 Å². The van der Waals surface area contributed by atoms with E-state index in [1.165, 1.54) is 0 Å². The monoisotopic (exact) mass is 512 g/mol. The van der Waals surface area contributed by atoms with Crippen molar-refractivity contribution >= 4 is 33.5 Å². The molecule has 4 N–H and O–H groups in total. The molecule has 0 aliphatic carbocycles. The molecule has 0 bridgehead atoms. The van der Waals surface area contributed by atoms with E-state index in [1.807, 2.05) is 88.4 Å². The summed E-state index contributed by atoms with van der Waals surface area (Å²) in [4.78, 5) is 27.0. The van der Waals surface area contributed by atoms with Crippen LogP contribution < -0.4 is 11.5 Å². The van der Waals surface area contributed by atoms with Gasteiger partial charge in [0.25, 0.3) is 0 Å². The summed E-state index contributed by atoms with van der Waals surface area (Å²) in [5.74, 6) is -0.655. The van der Waals surface area contributed by atoms with E-state index < -0.39 is 11.9 Å². The predicted molar refractivity (Wildman–Crippen MR) is 153 cm³/mol. The summed E-state index contributed by atoms with van der Waals surface area (Å²) in [5, 5.41) is 3.54. The van der Waals surface area contributed by atoms with Gasteiger partial charge in [0.05, 0.1) is 11.1 Å². The van der Waals surface area contributed by atoms with E-state index in [4.69, 9.17) is 20.9 Å². The fourth-order valence-corrected chi connectivity index (χ4v) is 4.31. The number of nitrogens with two attached hydrogens (primary N) is 2. The highest BCUT2D eigenvalue weighted by molar-refractivity contribution is 6.17. The predicted octanol–water partition coefficient (Wildman–Crippen LogP) is 5.94. The molecule has 198 valence electrons. The molecule has 38 heavy (non-hydrogen) atoms. The Morgan fingerprint density at radius 2 is 0.974 bits per heavy atom. The van der Waals surface area contributed by atoms with Crippen molar-refractivity contribution in [3.05, 3.63) is 83.9 Å². The van der Waals surface area contributed by atoms with E-state index in [0.29, 0.717) is 22.3 Å². The van der Waals surface area contributed by atoms with Crippen molar-refractivity contribution in [2.24, 2.45) is 23.3 Å². The minimum Gasteiger partial charge on any atom is -0.460 e. The fourth-order valence-electron chi connectivity index (χ4n) is 4.31. The van der Waals surface area contributed by atoms with Crippen molar-refractivity contribution in [1.29, 1.82) is 0 Å². The second-order valence-corrected chi connectivity index (χ2v) is 10.4. The number of benzene rings is 4. The molecule has 4 aromatic rings. The maximum atomic E-state index is 13.5. The van der Waals surface area contributed by atoms with Crippen molar-refractivity contribution in [3.63, 3.8) is 0 Å². The summed E-state index contributed by atoms with van der Waals surface area (Å²) >= 11 is 0. The summed E-state index contributed by atoms with van der Waals surface area (Å²) in [5.41, 5.74) is 14.3. The van der Waals surface area contributed by atoms with E-state index in [0.717, 1.165) is 21.5 Å². The lowest BCUT2D eigenvalue weighted by Gasteiger charge is -2.20. The van der Waals surface area contributed by atoms with Crippen LogP contribution in [0.3, 0.4) is 0 Å². The van der Waals surface area contributed by atoms with Crippen LogP contribution in [0.15, 0.2) is 72.8 Å². The van der Waals surface area contributed by atoms with Gasteiger partial charge < -0.3 is 20.9 Å². The Hall–Kier alpha value is -3.74. The number of esters is 2. The largest absolute Gasteiger partial charge is 0.460 e. The summed E-state index contributed by atoms with van der Waals surface area (Å²) in [6.07, 6.45) is 0. The van der Waals surface area contributed by atoms with Gasteiger partial charge in [-0.1, -0.05) is 88.4 Å². The smallest absolute Gasteiger partial charge is 0.338 e. The fraction of sp³-hybridized carbons (Fsp3) is 0.312. The molecule has 6 nitrogen and oxygen atoms in total. The Labute approximate surface area is 223 Å². The Morgan fingerprint density at radius 3 is 1.34 bits per heavy atom. The highest BCUT2D eigenvalue weighted by atomic mass is 16.5. The van der Waals surface area contributed by atoms with Crippen molar-refractivity contribution in [1.82, 2.24) is 0 Å². The average Bonchev–Trinajstić information content (AvgIpc) is 2.92. The molecule has 0 spiro atoms. The van der Waals surface area contributed by atoms with E-state index in [1.54, 1.807) is 12.1 Å². The van der Waals surface area contributed by atoms with Crippen LogP contribution in [0.4, 0.5) is 0 Å². The maximum absolute atomic E-state index is 13.5. The maximum Gasteiger partial charge on any atom is 0.338 e. The first-order chi connectivity index (χ1) is 18.2. The van der Waals surface area contributed by atoms with Crippen molar-refractivity contribution in [2.45, 2.75) is 39.8 Å². The van der Waals surface area contributed by atoms with Gasteiger partial charge in [0.2, 0.25) is 0 Å². The molecule has 0 amide bonds. The zero-order valence-corrected chi connectivity index (χ0v) is 22.4. The first-order valence-electron chi connectivity index (χ1n) is 13.1. The third kappa shape index (κ3) is 5.72. The lowest BCUT2D eigenvalue weighted by molar-refractivity contribution is 0.0452. The van der Waals surface area contributed by atoms with Gasteiger partial charge in [-0.15, -0.1) is 0 Å². The van der Waals surface area contributed by atoms with Gasteiger partial charge in [-0.3, -0.25) is 0 Å². The molecule has 0 saturated carbocycles. The number of hydrogen-bond acceptors (Lipinski definition) is 6. The Bertz CT molecular complexity index is 1350. The normalized spacial score (nSPS) is 13.2. The Balaban J connectivity index is 1.92. The first-order valence-corrected chi connectivity index (χ1v) is 13.1. The summed E-state index contributed by atoms with van der Waals surface area (Å²) in [7, 11) is 0. The second kappa shape index (κ2) is 11.8. The number of carbonyl (C=O) groups is 2. The van der Waals surface area contributed by atoms with Gasteiger partial charge in [-0.05, 0) is 45.5 Å². The van der Waals surface area contributed by atoms with Crippen LogP contribution in [0.5, 0.6) is 0 Å². The van der Waals surface area contributed by atoms with Crippen LogP contribution in [0.1, 0.15) is 48.4 Å². The van der Waals surface area contributed by atoms with Crippen LogP contribution >= 0.6 is 0 Å². The van der Waals surface area contributed by atoms with Gasteiger partial charge in [0, 0.05) is 23.2 Å². The third-order valence-corrected chi connectivity index (χ3v) is 7.07. The molecule has 0 fully saturated rings. The zero-order valence-electron chi connectivity index (χ0n) is 22.4. The molecule has 0 aromatic heterocycles. The van der Waals surface area contributed by atoms with Gasteiger partial charge in [-0.2, -0.15) is 0 Å². The quantitative estimate of drug-likeness (QED) is 0.269. The van der Waals surface area contributed by atoms with E-state index in [-0.39, 0.29) is 37.1 Å². The molecule has 0 saturated heterocycles. The zero-order chi connectivity index (χ0) is 27.4. The first kappa shape index (κ1) is 27.3. The summed E-state index contributed by atoms with van der Waals surface area (Å²) in [6, 6.07) is 22.3. The van der Waals surface area contributed by atoms with Crippen molar-refractivity contribution in [2.75, 3.05) is 13.2 Å². The van der Waals surface area contributed by atoms with E-state index in [9.17, 15) is 9.59 Å². The average molecular weight is 513 g/mol. The van der Waals surface area contributed by atoms with Crippen LogP contribution in [0.2, 0.25) is 0 Å². The molecule has 0 heterocycles. The summed E-state index contributed by atoms with van der Waals surface area (Å²) in [6.45, 7) is 8.14. The van der Waals surface area contributed by atoms with Crippen LogP contribution in [-0.2, 0) is 9.47 Å². The van der Waals surface area contributed by atoms with Gasteiger partial charge in [-0.25, -0.2) is 9.59 Å². The van der Waals surface area contributed by atoms with Crippen LogP contribution in [0.25, 0.3) is 32.7 Å². The van der Waals surface area contributed by atoms with E-state index in [2.05, 4.69) is 0 Å². The standard InChI is InChI=1S/C32H36N2O4/c1-19(2)27(33)17-37-31(35)25-15-13-21-9-5-7-11-23(21)29(25)30-24-12-8-6-10-22(24)14-16-26(30)32(36)38-18-28(34)20(3)4/h5-16,19-20,27-28H,17-18,33-34H2,1-4H3/t27-,28-/m1/s1. The molecule has 4 aromatic carbocycles. The number of carbonyl (C=O) groups excluding carboxylic acids is 2. The molecule has 6 heteroatoms. The lowest BCUT2D eigenvalue weighted by atomic mass is 9.87. The minimum atomic E-state index is -0.490. The molecule has 0 radical (unpaired) electrons. The van der Waals surface area contributed by atoms with Gasteiger partial charge in [0.15, 0.2) is 0 Å². The molecule has 2 atom stereocenters. The highest BCUT2D eigenvalue weighted by Gasteiger charge is 2.25. The topological polar surface area (TPSA) is 105 Å². The minimum absolute atomic E-state index is 0.0975. The molecule has 0 aliphatic heterocycles. The number of hydrogen-bond donors (Lipinski definition) is 2. The number of ether oxygens (including phenoxy) is 2.